The van der Waals surface area contributed by atoms with Crippen LogP contribution in [-0.2, 0) is 9.59 Å². The van der Waals surface area contributed by atoms with E-state index in [1.807, 2.05) is 19.1 Å². The molecule has 1 atom stereocenters. The zero-order valence-corrected chi connectivity index (χ0v) is 23.8. The number of nitrogens with zero attached hydrogens (tertiary/aromatic N) is 3. The molecule has 13 heteroatoms. The Hall–Kier alpha value is -3.03. The Balaban J connectivity index is 1.55. The number of likely N-dealkylation sites (tertiary alicyclic amines) is 1. The third kappa shape index (κ3) is 7.74. The van der Waals surface area contributed by atoms with Crippen molar-refractivity contribution >= 4 is 52.5 Å². The quantitative estimate of drug-likeness (QED) is 0.121. The second-order valence-electron chi connectivity index (χ2n) is 9.08. The predicted molar refractivity (Wildman–Crippen MR) is 155 cm³/mol. The minimum absolute atomic E-state index is 0.0538. The molecule has 2 aliphatic rings. The van der Waals surface area contributed by atoms with E-state index < -0.39 is 11.2 Å². The number of benzene rings is 1. The lowest BCUT2D eigenvalue weighted by Crippen LogP contribution is -2.48. The van der Waals surface area contributed by atoms with Gasteiger partial charge in [0.2, 0.25) is 5.91 Å². The first-order valence-corrected chi connectivity index (χ1v) is 14.1. The van der Waals surface area contributed by atoms with Crippen molar-refractivity contribution in [2.75, 3.05) is 58.7 Å². The molecule has 3 amide bonds. The number of carbonyl (C=O) groups is 3. The molecule has 3 rings (SSSR count). The largest absolute Gasteiger partial charge is 0.392 e. The van der Waals surface area contributed by atoms with Crippen LogP contribution in [0.5, 0.6) is 0 Å². The van der Waals surface area contributed by atoms with Crippen molar-refractivity contribution in [1.82, 2.24) is 30.9 Å². The molecule has 38 heavy (non-hydrogen) atoms. The Kier molecular flexibility index (Phi) is 11.0. The molecule has 0 radical (unpaired) electrons. The molecule has 6 N–H and O–H groups in total. The highest BCUT2D eigenvalue weighted by molar-refractivity contribution is 8.04. The summed E-state index contributed by atoms with van der Waals surface area (Å²) in [5, 5.41) is 10.6. The number of nitrogens with one attached hydrogen (secondary N) is 4. The number of rotatable bonds is 10. The smallest absolute Gasteiger partial charge is 0.288 e. The van der Waals surface area contributed by atoms with Crippen molar-refractivity contribution in [1.29, 1.82) is 0 Å². The van der Waals surface area contributed by atoms with Gasteiger partial charge < -0.3 is 31.5 Å². The summed E-state index contributed by atoms with van der Waals surface area (Å²) in [7, 11) is 3.24. The van der Waals surface area contributed by atoms with E-state index in [1.165, 1.54) is 34.5 Å². The summed E-state index contributed by atoms with van der Waals surface area (Å²) in [6.07, 6.45) is 3.45. The van der Waals surface area contributed by atoms with Crippen molar-refractivity contribution < 1.29 is 14.4 Å². The normalized spacial score (nSPS) is 18.8. The molecule has 0 spiro atoms. The molecular weight excluding hydrogens is 524 g/mol. The molecule has 2 heterocycles. The second kappa shape index (κ2) is 14.2. The van der Waals surface area contributed by atoms with Crippen molar-refractivity contribution in [3.8, 4) is 0 Å². The van der Waals surface area contributed by atoms with Gasteiger partial charge in [0.05, 0.1) is 0 Å². The first-order valence-electron chi connectivity index (χ1n) is 12.8. The highest BCUT2D eigenvalue weighted by Gasteiger charge is 2.38. The molecule has 11 nitrogen and oxygen atoms in total. The standard InChI is InChI=1S/C25H38N8O3S2/c1-4-33-23(36)19(38-24(33)20(26)22(35)30-31(3)25(37)27-2)16-29-18-10-7-9-17(15-18)21(34)28-11-8-14-32-12-5-6-13-32/h7,9-10,15,19,29H,4-6,8,11-14,16,26H2,1-3H3,(H,27,37)(H,28,34)(H,30,35)/b24-20+/t19-/m1/s1. The molecule has 0 saturated carbocycles. The van der Waals surface area contributed by atoms with Crippen LogP contribution in [0.3, 0.4) is 0 Å². The average Bonchev–Trinajstić information content (AvgIpc) is 3.56. The van der Waals surface area contributed by atoms with Crippen LogP contribution in [0, 0.1) is 0 Å². The van der Waals surface area contributed by atoms with Crippen LogP contribution in [0.2, 0.25) is 0 Å². The summed E-state index contributed by atoms with van der Waals surface area (Å²) in [6, 6.07) is 7.21. The molecule has 0 bridgehead atoms. The summed E-state index contributed by atoms with van der Waals surface area (Å²) < 4.78 is 0. The number of hydrazine groups is 1. The lowest BCUT2D eigenvalue weighted by molar-refractivity contribution is -0.127. The van der Waals surface area contributed by atoms with Crippen molar-refractivity contribution in [2.45, 2.75) is 31.4 Å². The molecule has 2 aliphatic heterocycles. The number of nitrogens with two attached hydrogens (primary N) is 1. The summed E-state index contributed by atoms with van der Waals surface area (Å²) in [4.78, 5) is 42.2. The summed E-state index contributed by atoms with van der Waals surface area (Å²) in [6.45, 7) is 6.46. The first kappa shape index (κ1) is 29.5. The van der Waals surface area contributed by atoms with Gasteiger partial charge in [0.1, 0.15) is 16.0 Å². The van der Waals surface area contributed by atoms with Gasteiger partial charge in [-0.25, -0.2) is 0 Å². The van der Waals surface area contributed by atoms with Crippen LogP contribution < -0.4 is 27.1 Å². The summed E-state index contributed by atoms with van der Waals surface area (Å²) in [5.74, 6) is -0.807. The Morgan fingerprint density at radius 3 is 2.68 bits per heavy atom. The maximum atomic E-state index is 13.0. The van der Waals surface area contributed by atoms with Gasteiger partial charge in [-0.3, -0.25) is 24.8 Å². The maximum absolute atomic E-state index is 13.0. The van der Waals surface area contributed by atoms with Crippen LogP contribution in [0.1, 0.15) is 36.5 Å². The van der Waals surface area contributed by atoms with Crippen LogP contribution in [0.15, 0.2) is 35.0 Å². The van der Waals surface area contributed by atoms with Crippen molar-refractivity contribution in [3.05, 3.63) is 40.6 Å². The van der Waals surface area contributed by atoms with Gasteiger partial charge in [-0.2, -0.15) is 0 Å². The van der Waals surface area contributed by atoms with Gasteiger partial charge in [0, 0.05) is 45.0 Å². The van der Waals surface area contributed by atoms with Crippen LogP contribution in [0.4, 0.5) is 5.69 Å². The van der Waals surface area contributed by atoms with E-state index in [-0.39, 0.29) is 17.5 Å². The molecule has 1 aromatic carbocycles. The van der Waals surface area contributed by atoms with E-state index in [2.05, 4.69) is 26.3 Å². The minimum Gasteiger partial charge on any atom is -0.392 e. The first-order chi connectivity index (χ1) is 18.2. The zero-order chi connectivity index (χ0) is 27.7. The van der Waals surface area contributed by atoms with E-state index in [0.29, 0.717) is 35.3 Å². The molecule has 208 valence electrons. The van der Waals surface area contributed by atoms with Gasteiger partial charge in [0.15, 0.2) is 5.11 Å². The number of hydrogen-bond acceptors (Lipinski definition) is 8. The topological polar surface area (TPSA) is 135 Å². The van der Waals surface area contributed by atoms with Crippen molar-refractivity contribution in [3.63, 3.8) is 0 Å². The fraction of sp³-hybridized carbons (Fsp3) is 0.520. The zero-order valence-electron chi connectivity index (χ0n) is 22.2. The molecular formula is C25H38N8O3S2. The lowest BCUT2D eigenvalue weighted by Gasteiger charge is -2.21. The van der Waals surface area contributed by atoms with Gasteiger partial charge in [-0.05, 0) is 76.2 Å². The predicted octanol–water partition coefficient (Wildman–Crippen LogP) is 0.873. The third-order valence-electron chi connectivity index (χ3n) is 6.37. The van der Waals surface area contributed by atoms with E-state index in [9.17, 15) is 14.4 Å². The van der Waals surface area contributed by atoms with E-state index in [0.717, 1.165) is 31.7 Å². The second-order valence-corrected chi connectivity index (χ2v) is 10.7. The third-order valence-corrected chi connectivity index (χ3v) is 8.17. The van der Waals surface area contributed by atoms with Crippen LogP contribution >= 0.6 is 24.0 Å². The van der Waals surface area contributed by atoms with Crippen LogP contribution in [0.25, 0.3) is 0 Å². The number of carbonyl (C=O) groups excluding carboxylic acids is 3. The molecule has 0 unspecified atom stereocenters. The number of thiocarbonyl (C=S) groups is 1. The Morgan fingerprint density at radius 2 is 2.00 bits per heavy atom. The minimum atomic E-state index is -0.549. The highest BCUT2D eigenvalue weighted by Crippen LogP contribution is 2.36. The number of hydrogen-bond donors (Lipinski definition) is 5. The SMILES string of the molecule is CCN1C(=O)[C@@H](CNc2cccc(C(=O)NCCCN3CCCC3)c2)S/C1=C(/N)C(=O)NN(C)C(=S)NC. The highest BCUT2D eigenvalue weighted by atomic mass is 32.2. The van der Waals surface area contributed by atoms with E-state index >= 15 is 0 Å². The molecule has 2 saturated heterocycles. The van der Waals surface area contributed by atoms with Gasteiger partial charge in [-0.1, -0.05) is 17.8 Å². The Bertz CT molecular complexity index is 1060. The van der Waals surface area contributed by atoms with Gasteiger partial charge in [0.25, 0.3) is 11.8 Å². The number of anilines is 1. The van der Waals surface area contributed by atoms with Crippen LogP contribution in [-0.4, -0.2) is 96.3 Å². The fourth-order valence-corrected chi connectivity index (χ4v) is 5.56. The lowest BCUT2D eigenvalue weighted by atomic mass is 10.2. The van der Waals surface area contributed by atoms with E-state index in [4.69, 9.17) is 18.0 Å². The molecule has 1 aromatic rings. The monoisotopic (exact) mass is 562 g/mol. The maximum Gasteiger partial charge on any atom is 0.288 e. The number of amides is 3. The van der Waals surface area contributed by atoms with Crippen molar-refractivity contribution in [2.24, 2.45) is 5.73 Å². The van der Waals surface area contributed by atoms with Gasteiger partial charge >= 0.3 is 0 Å². The fourth-order valence-electron chi connectivity index (χ4n) is 4.28. The van der Waals surface area contributed by atoms with E-state index in [1.54, 1.807) is 26.2 Å². The molecule has 2 fully saturated rings. The number of thioether (sulfide) groups is 1. The molecule has 0 aromatic heterocycles. The van der Waals surface area contributed by atoms with Gasteiger partial charge in [-0.15, -0.1) is 0 Å². The average molecular weight is 563 g/mol. The Morgan fingerprint density at radius 1 is 1.26 bits per heavy atom. The Labute approximate surface area is 233 Å². The summed E-state index contributed by atoms with van der Waals surface area (Å²) >= 11 is 6.33. The summed E-state index contributed by atoms with van der Waals surface area (Å²) in [5.41, 5.74) is 9.97. The molecule has 0 aliphatic carbocycles.